The van der Waals surface area contributed by atoms with Crippen molar-refractivity contribution in [2.75, 3.05) is 0 Å². The molecule has 1 aromatic carbocycles. The molecule has 2 nitrogen and oxygen atoms in total. The maximum absolute atomic E-state index is 12.4. The first-order valence-electron chi connectivity index (χ1n) is 6.85. The van der Waals surface area contributed by atoms with Gasteiger partial charge in [-0.3, -0.25) is 9.78 Å². The van der Waals surface area contributed by atoms with Gasteiger partial charge in [0.05, 0.1) is 0 Å². The van der Waals surface area contributed by atoms with Gasteiger partial charge in [0.15, 0.2) is 5.78 Å². The standard InChI is InChI=1S/C17H17NO/c19-17-15(6-5-13-9-11-18-12-10-13)8-7-14-3-1-2-4-16(14)17/h1-4,9-12,15H,5-8H2. The highest BCUT2D eigenvalue weighted by Gasteiger charge is 2.26. The maximum atomic E-state index is 12.4. The lowest BCUT2D eigenvalue weighted by Gasteiger charge is -2.23. The number of ketones is 1. The smallest absolute Gasteiger partial charge is 0.166 e. The third kappa shape index (κ3) is 2.58. The van der Waals surface area contributed by atoms with Crippen LogP contribution in [-0.4, -0.2) is 10.8 Å². The number of hydrogen-bond acceptors (Lipinski definition) is 2. The fourth-order valence-electron chi connectivity index (χ4n) is 2.83. The van der Waals surface area contributed by atoms with E-state index in [0.717, 1.165) is 31.2 Å². The second kappa shape index (κ2) is 5.35. The molecule has 1 aliphatic rings. The van der Waals surface area contributed by atoms with E-state index in [9.17, 15) is 4.79 Å². The Kier molecular flexibility index (Phi) is 3.41. The van der Waals surface area contributed by atoms with Crippen LogP contribution in [0.25, 0.3) is 0 Å². The number of pyridine rings is 1. The van der Waals surface area contributed by atoms with Crippen LogP contribution in [0.1, 0.15) is 34.3 Å². The van der Waals surface area contributed by atoms with E-state index in [2.05, 4.69) is 11.1 Å². The number of carbonyl (C=O) groups excluding carboxylic acids is 1. The molecule has 1 atom stereocenters. The van der Waals surface area contributed by atoms with Gasteiger partial charge in [-0.25, -0.2) is 0 Å². The Balaban J connectivity index is 1.69. The zero-order chi connectivity index (χ0) is 13.1. The van der Waals surface area contributed by atoms with Crippen molar-refractivity contribution < 1.29 is 4.79 Å². The molecule has 0 saturated heterocycles. The van der Waals surface area contributed by atoms with Crippen LogP contribution in [0.2, 0.25) is 0 Å². The van der Waals surface area contributed by atoms with Gasteiger partial charge < -0.3 is 0 Å². The Morgan fingerprint density at radius 2 is 1.89 bits per heavy atom. The molecule has 0 bridgehead atoms. The molecule has 3 rings (SSSR count). The van der Waals surface area contributed by atoms with E-state index in [1.54, 1.807) is 0 Å². The first-order valence-corrected chi connectivity index (χ1v) is 6.85. The molecule has 96 valence electrons. The summed E-state index contributed by atoms with van der Waals surface area (Å²) in [6, 6.07) is 12.1. The summed E-state index contributed by atoms with van der Waals surface area (Å²) >= 11 is 0. The molecule has 1 unspecified atom stereocenters. The molecular formula is C17H17NO. The predicted octanol–water partition coefficient (Wildman–Crippen LogP) is 3.46. The monoisotopic (exact) mass is 251 g/mol. The topological polar surface area (TPSA) is 30.0 Å². The average Bonchev–Trinajstić information content (AvgIpc) is 2.48. The van der Waals surface area contributed by atoms with Gasteiger partial charge >= 0.3 is 0 Å². The van der Waals surface area contributed by atoms with Crippen molar-refractivity contribution in [2.24, 2.45) is 5.92 Å². The summed E-state index contributed by atoms with van der Waals surface area (Å²) in [5.74, 6) is 0.513. The zero-order valence-electron chi connectivity index (χ0n) is 10.9. The molecule has 0 saturated carbocycles. The molecule has 0 spiro atoms. The van der Waals surface area contributed by atoms with Gasteiger partial charge in [-0.15, -0.1) is 0 Å². The molecule has 2 heteroatoms. The lowest BCUT2D eigenvalue weighted by atomic mass is 9.80. The number of aryl methyl sites for hydroxylation is 2. The Morgan fingerprint density at radius 3 is 2.74 bits per heavy atom. The Labute approximate surface area is 113 Å². The van der Waals surface area contributed by atoms with Crippen LogP contribution in [-0.2, 0) is 12.8 Å². The lowest BCUT2D eigenvalue weighted by Crippen LogP contribution is -2.23. The highest BCUT2D eigenvalue weighted by Crippen LogP contribution is 2.28. The summed E-state index contributed by atoms with van der Waals surface area (Å²) in [4.78, 5) is 16.4. The SMILES string of the molecule is O=C1c2ccccc2CCC1CCc1ccncc1. The number of fused-ring (bicyclic) bond motifs is 1. The van der Waals surface area contributed by atoms with Gasteiger partial charge in [-0.05, 0) is 48.9 Å². The summed E-state index contributed by atoms with van der Waals surface area (Å²) < 4.78 is 0. The van der Waals surface area contributed by atoms with Gasteiger partial charge in [0.2, 0.25) is 0 Å². The second-order valence-corrected chi connectivity index (χ2v) is 5.15. The fourth-order valence-corrected chi connectivity index (χ4v) is 2.83. The average molecular weight is 251 g/mol. The summed E-state index contributed by atoms with van der Waals surface area (Å²) in [5.41, 5.74) is 3.42. The quantitative estimate of drug-likeness (QED) is 0.836. The van der Waals surface area contributed by atoms with Crippen LogP contribution in [0.3, 0.4) is 0 Å². The fraction of sp³-hybridized carbons (Fsp3) is 0.294. The van der Waals surface area contributed by atoms with E-state index in [1.165, 1.54) is 11.1 Å². The maximum Gasteiger partial charge on any atom is 0.166 e. The van der Waals surface area contributed by atoms with Crippen molar-refractivity contribution in [3.05, 3.63) is 65.5 Å². The molecule has 19 heavy (non-hydrogen) atoms. The van der Waals surface area contributed by atoms with E-state index in [-0.39, 0.29) is 5.92 Å². The third-order valence-electron chi connectivity index (χ3n) is 3.95. The van der Waals surface area contributed by atoms with Crippen molar-refractivity contribution >= 4 is 5.78 Å². The number of carbonyl (C=O) groups is 1. The normalized spacial score (nSPS) is 18.1. The van der Waals surface area contributed by atoms with E-state index < -0.39 is 0 Å². The molecule has 1 aromatic heterocycles. The van der Waals surface area contributed by atoms with Gasteiger partial charge in [-0.2, -0.15) is 0 Å². The molecule has 0 fully saturated rings. The van der Waals surface area contributed by atoms with E-state index in [0.29, 0.717) is 5.78 Å². The first-order chi connectivity index (χ1) is 9.34. The lowest BCUT2D eigenvalue weighted by molar-refractivity contribution is 0.0895. The van der Waals surface area contributed by atoms with Crippen molar-refractivity contribution in [2.45, 2.75) is 25.7 Å². The largest absolute Gasteiger partial charge is 0.294 e. The van der Waals surface area contributed by atoms with E-state index in [4.69, 9.17) is 0 Å². The molecular weight excluding hydrogens is 234 g/mol. The number of hydrogen-bond donors (Lipinski definition) is 0. The van der Waals surface area contributed by atoms with Gasteiger partial charge in [0, 0.05) is 23.9 Å². The molecule has 1 aliphatic carbocycles. The Morgan fingerprint density at radius 1 is 1.11 bits per heavy atom. The molecule has 0 N–H and O–H groups in total. The van der Waals surface area contributed by atoms with Crippen LogP contribution in [0, 0.1) is 5.92 Å². The minimum atomic E-state index is 0.183. The highest BCUT2D eigenvalue weighted by atomic mass is 16.1. The van der Waals surface area contributed by atoms with Crippen molar-refractivity contribution in [3.8, 4) is 0 Å². The summed E-state index contributed by atoms with van der Waals surface area (Å²) in [7, 11) is 0. The molecule has 1 heterocycles. The minimum Gasteiger partial charge on any atom is -0.294 e. The van der Waals surface area contributed by atoms with Crippen LogP contribution in [0.4, 0.5) is 0 Å². The molecule has 0 radical (unpaired) electrons. The molecule has 0 aliphatic heterocycles. The van der Waals surface area contributed by atoms with E-state index >= 15 is 0 Å². The van der Waals surface area contributed by atoms with Crippen molar-refractivity contribution in [1.82, 2.24) is 4.98 Å². The van der Waals surface area contributed by atoms with Gasteiger partial charge in [-0.1, -0.05) is 24.3 Å². The van der Waals surface area contributed by atoms with Crippen LogP contribution >= 0.6 is 0 Å². The van der Waals surface area contributed by atoms with Crippen molar-refractivity contribution in [1.29, 1.82) is 0 Å². The number of aromatic nitrogens is 1. The zero-order valence-corrected chi connectivity index (χ0v) is 10.9. The summed E-state index contributed by atoms with van der Waals surface area (Å²) in [6.45, 7) is 0. The van der Waals surface area contributed by atoms with Gasteiger partial charge in [0.25, 0.3) is 0 Å². The van der Waals surface area contributed by atoms with Crippen LogP contribution in [0.5, 0.6) is 0 Å². The second-order valence-electron chi connectivity index (χ2n) is 5.15. The number of benzene rings is 1. The highest BCUT2D eigenvalue weighted by molar-refractivity contribution is 6.00. The van der Waals surface area contributed by atoms with Crippen molar-refractivity contribution in [3.63, 3.8) is 0 Å². The minimum absolute atomic E-state index is 0.183. The number of Topliss-reactive ketones (excluding diaryl/α,β-unsaturated/α-hetero) is 1. The Hall–Kier alpha value is -1.96. The number of rotatable bonds is 3. The summed E-state index contributed by atoms with van der Waals surface area (Å²) in [6.07, 6.45) is 7.54. The first kappa shape index (κ1) is 12.1. The van der Waals surface area contributed by atoms with Gasteiger partial charge in [0.1, 0.15) is 0 Å². The number of nitrogens with zero attached hydrogens (tertiary/aromatic N) is 1. The third-order valence-corrected chi connectivity index (χ3v) is 3.95. The van der Waals surface area contributed by atoms with Crippen LogP contribution < -0.4 is 0 Å². The molecule has 2 aromatic rings. The Bertz CT molecular complexity index is 577. The predicted molar refractivity (Wildman–Crippen MR) is 75.1 cm³/mol. The van der Waals surface area contributed by atoms with E-state index in [1.807, 2.05) is 42.7 Å². The summed E-state index contributed by atoms with van der Waals surface area (Å²) in [5, 5.41) is 0. The molecule has 0 amide bonds. The van der Waals surface area contributed by atoms with Crippen LogP contribution in [0.15, 0.2) is 48.8 Å².